The number of aryl methyl sites for hydroxylation is 1. The third-order valence-corrected chi connectivity index (χ3v) is 2.16. The first-order chi connectivity index (χ1) is 8.63. The van der Waals surface area contributed by atoms with Crippen molar-refractivity contribution in [3.8, 4) is 11.9 Å². The summed E-state index contributed by atoms with van der Waals surface area (Å²) in [6.45, 7) is 1.77. The maximum Gasteiger partial charge on any atom is 0.377 e. The fourth-order valence-electron chi connectivity index (χ4n) is 1.39. The van der Waals surface area contributed by atoms with E-state index in [1.165, 1.54) is 18.1 Å². The molecule has 0 aliphatic carbocycles. The fraction of sp³-hybridized carbons (Fsp3) is 0.182. The number of methoxy groups -OCH3 is 1. The first-order valence-corrected chi connectivity index (χ1v) is 5.03. The molecule has 0 atom stereocenters. The Kier molecular flexibility index (Phi) is 3.02. The molecular weight excluding hydrogens is 234 g/mol. The number of aromatic nitrogens is 4. The van der Waals surface area contributed by atoms with E-state index in [2.05, 4.69) is 19.8 Å². The highest BCUT2D eigenvalue weighted by Crippen LogP contribution is 2.08. The molecule has 2 aromatic rings. The lowest BCUT2D eigenvalue weighted by atomic mass is 10.2. The van der Waals surface area contributed by atoms with Gasteiger partial charge in [-0.1, -0.05) is 0 Å². The van der Waals surface area contributed by atoms with Crippen LogP contribution in [-0.4, -0.2) is 32.8 Å². The van der Waals surface area contributed by atoms with Gasteiger partial charge in [-0.2, -0.15) is 5.26 Å². The Labute approximate surface area is 103 Å². The van der Waals surface area contributed by atoms with E-state index in [0.717, 1.165) is 0 Å². The second kappa shape index (κ2) is 4.63. The van der Waals surface area contributed by atoms with Crippen LogP contribution in [0.15, 0.2) is 18.5 Å². The van der Waals surface area contributed by atoms with E-state index in [1.54, 1.807) is 19.1 Å². The predicted molar refractivity (Wildman–Crippen MR) is 59.9 cm³/mol. The Morgan fingerprint density at radius 2 is 2.28 bits per heavy atom. The van der Waals surface area contributed by atoms with Crippen molar-refractivity contribution < 1.29 is 9.53 Å². The van der Waals surface area contributed by atoms with Gasteiger partial charge in [0.2, 0.25) is 0 Å². The van der Waals surface area contributed by atoms with Gasteiger partial charge >= 0.3 is 5.97 Å². The molecule has 0 unspecified atom stereocenters. The normalized spacial score (nSPS) is 9.83. The molecule has 0 aromatic carbocycles. The third kappa shape index (κ3) is 2.17. The number of pyridine rings is 1. The summed E-state index contributed by atoms with van der Waals surface area (Å²) in [5.41, 5.74) is 1.15. The first kappa shape index (κ1) is 11.7. The zero-order valence-corrected chi connectivity index (χ0v) is 9.78. The van der Waals surface area contributed by atoms with Crippen molar-refractivity contribution in [3.63, 3.8) is 0 Å². The van der Waals surface area contributed by atoms with Crippen LogP contribution in [0.2, 0.25) is 0 Å². The van der Waals surface area contributed by atoms with Gasteiger partial charge < -0.3 is 4.74 Å². The lowest BCUT2D eigenvalue weighted by molar-refractivity contribution is 0.0587. The van der Waals surface area contributed by atoms with Crippen molar-refractivity contribution in [2.24, 2.45) is 0 Å². The number of nitriles is 1. The van der Waals surface area contributed by atoms with Crippen LogP contribution in [0.5, 0.6) is 0 Å². The van der Waals surface area contributed by atoms with Crippen LogP contribution < -0.4 is 0 Å². The SMILES string of the molecule is COC(=O)c1ncn(-c2cc(C#N)cc(C)n2)n1. The average molecular weight is 243 g/mol. The number of hydrogen-bond donors (Lipinski definition) is 0. The van der Waals surface area contributed by atoms with Gasteiger partial charge in [0.25, 0.3) is 5.82 Å². The monoisotopic (exact) mass is 243 g/mol. The van der Waals surface area contributed by atoms with E-state index in [9.17, 15) is 4.79 Å². The average Bonchev–Trinajstić information content (AvgIpc) is 2.86. The molecule has 0 radical (unpaired) electrons. The molecule has 0 bridgehead atoms. The van der Waals surface area contributed by atoms with Crippen LogP contribution in [0.3, 0.4) is 0 Å². The minimum atomic E-state index is -0.623. The van der Waals surface area contributed by atoms with E-state index in [-0.39, 0.29) is 5.82 Å². The number of hydrogen-bond acceptors (Lipinski definition) is 6. The predicted octanol–water partition coefficient (Wildman–Crippen LogP) is 0.629. The van der Waals surface area contributed by atoms with E-state index in [1.807, 2.05) is 6.07 Å². The van der Waals surface area contributed by atoms with Gasteiger partial charge in [-0.15, -0.1) is 5.10 Å². The summed E-state index contributed by atoms with van der Waals surface area (Å²) in [5, 5.41) is 12.8. The standard InChI is InChI=1S/C11H9N5O2/c1-7-3-8(5-12)4-9(14-7)16-6-13-10(15-16)11(17)18-2/h3-4,6H,1-2H3. The number of carbonyl (C=O) groups excluding carboxylic acids is 1. The van der Waals surface area contributed by atoms with Gasteiger partial charge in [0.05, 0.1) is 18.7 Å². The number of ether oxygens (including phenoxy) is 1. The summed E-state index contributed by atoms with van der Waals surface area (Å²) in [5.74, 6) is -0.254. The Balaban J connectivity index is 2.43. The molecule has 7 heteroatoms. The zero-order valence-electron chi connectivity index (χ0n) is 9.78. The molecule has 0 fully saturated rings. The molecule has 0 saturated heterocycles. The molecule has 2 rings (SSSR count). The van der Waals surface area contributed by atoms with Gasteiger partial charge in [0.15, 0.2) is 5.82 Å². The second-order valence-corrected chi connectivity index (χ2v) is 3.47. The number of rotatable bonds is 2. The summed E-state index contributed by atoms with van der Waals surface area (Å²) in [4.78, 5) is 19.2. The molecule has 0 spiro atoms. The van der Waals surface area contributed by atoms with Crippen molar-refractivity contribution >= 4 is 5.97 Å². The molecule has 2 aromatic heterocycles. The topological polar surface area (TPSA) is 93.7 Å². The molecule has 0 aliphatic rings. The number of carbonyl (C=O) groups is 1. The molecular formula is C11H9N5O2. The first-order valence-electron chi connectivity index (χ1n) is 5.03. The van der Waals surface area contributed by atoms with Crippen molar-refractivity contribution in [2.75, 3.05) is 7.11 Å². The minimum Gasteiger partial charge on any atom is -0.463 e. The highest BCUT2D eigenvalue weighted by Gasteiger charge is 2.12. The van der Waals surface area contributed by atoms with E-state index in [4.69, 9.17) is 5.26 Å². The van der Waals surface area contributed by atoms with E-state index >= 15 is 0 Å². The van der Waals surface area contributed by atoms with Crippen LogP contribution in [0, 0.1) is 18.3 Å². The highest BCUT2D eigenvalue weighted by molar-refractivity contribution is 5.84. The fourth-order valence-corrected chi connectivity index (χ4v) is 1.39. The Hall–Kier alpha value is -2.75. The lowest BCUT2D eigenvalue weighted by Crippen LogP contribution is -2.06. The van der Waals surface area contributed by atoms with Crippen molar-refractivity contribution in [2.45, 2.75) is 6.92 Å². The number of nitrogens with zero attached hydrogens (tertiary/aromatic N) is 5. The van der Waals surface area contributed by atoms with Crippen LogP contribution in [-0.2, 0) is 4.74 Å². The summed E-state index contributed by atoms with van der Waals surface area (Å²) in [6.07, 6.45) is 1.34. The molecule has 90 valence electrons. The highest BCUT2D eigenvalue weighted by atomic mass is 16.5. The Bertz CT molecular complexity index is 641. The Morgan fingerprint density at radius 1 is 1.50 bits per heavy atom. The maximum absolute atomic E-state index is 11.2. The largest absolute Gasteiger partial charge is 0.463 e. The maximum atomic E-state index is 11.2. The Morgan fingerprint density at radius 3 is 2.94 bits per heavy atom. The third-order valence-electron chi connectivity index (χ3n) is 2.16. The van der Waals surface area contributed by atoms with Gasteiger partial charge in [-0.25, -0.2) is 19.4 Å². The molecule has 0 aliphatic heterocycles. The summed E-state index contributed by atoms with van der Waals surface area (Å²) >= 11 is 0. The van der Waals surface area contributed by atoms with Crippen LogP contribution in [0.4, 0.5) is 0 Å². The van der Waals surface area contributed by atoms with Crippen molar-refractivity contribution in [1.29, 1.82) is 5.26 Å². The van der Waals surface area contributed by atoms with E-state index in [0.29, 0.717) is 17.1 Å². The van der Waals surface area contributed by atoms with Crippen LogP contribution >= 0.6 is 0 Å². The quantitative estimate of drug-likeness (QED) is 0.718. The zero-order chi connectivity index (χ0) is 13.1. The molecule has 18 heavy (non-hydrogen) atoms. The lowest BCUT2D eigenvalue weighted by Gasteiger charge is -2.01. The summed E-state index contributed by atoms with van der Waals surface area (Å²) in [6, 6.07) is 5.24. The molecule has 0 N–H and O–H groups in total. The van der Waals surface area contributed by atoms with Crippen molar-refractivity contribution in [3.05, 3.63) is 35.5 Å². The molecule has 0 saturated carbocycles. The molecule has 0 amide bonds. The molecule has 2 heterocycles. The van der Waals surface area contributed by atoms with Gasteiger partial charge in [-0.3, -0.25) is 0 Å². The summed E-state index contributed by atoms with van der Waals surface area (Å²) in [7, 11) is 1.25. The van der Waals surface area contributed by atoms with Gasteiger partial charge in [0.1, 0.15) is 6.33 Å². The van der Waals surface area contributed by atoms with Crippen molar-refractivity contribution in [1.82, 2.24) is 19.7 Å². The molecule has 7 nitrogen and oxygen atoms in total. The van der Waals surface area contributed by atoms with Crippen LogP contribution in [0.1, 0.15) is 21.9 Å². The smallest absolute Gasteiger partial charge is 0.377 e. The number of esters is 1. The van der Waals surface area contributed by atoms with E-state index < -0.39 is 5.97 Å². The minimum absolute atomic E-state index is 0.0562. The summed E-state index contributed by atoms with van der Waals surface area (Å²) < 4.78 is 5.82. The van der Waals surface area contributed by atoms with Gasteiger partial charge in [-0.05, 0) is 13.0 Å². The van der Waals surface area contributed by atoms with Gasteiger partial charge in [0, 0.05) is 11.8 Å². The van der Waals surface area contributed by atoms with Crippen LogP contribution in [0.25, 0.3) is 5.82 Å². The second-order valence-electron chi connectivity index (χ2n) is 3.47.